The second-order valence-corrected chi connectivity index (χ2v) is 5.45. The molecule has 23 heavy (non-hydrogen) atoms. The van der Waals surface area contributed by atoms with Crippen molar-refractivity contribution in [1.29, 1.82) is 0 Å². The Morgan fingerprint density at radius 1 is 1.35 bits per heavy atom. The van der Waals surface area contributed by atoms with Gasteiger partial charge in [-0.1, -0.05) is 11.6 Å². The van der Waals surface area contributed by atoms with E-state index in [9.17, 15) is 4.79 Å². The van der Waals surface area contributed by atoms with Crippen molar-refractivity contribution in [1.82, 2.24) is 4.98 Å². The number of anilines is 1. The predicted octanol–water partition coefficient (Wildman–Crippen LogP) is 3.47. The number of amides is 1. The summed E-state index contributed by atoms with van der Waals surface area (Å²) in [5, 5.41) is 3.24. The zero-order chi connectivity index (χ0) is 16.2. The molecule has 0 atom stereocenters. The number of aromatic nitrogens is 1. The Hall–Kier alpha value is -2.53. The fourth-order valence-corrected chi connectivity index (χ4v) is 2.44. The summed E-state index contributed by atoms with van der Waals surface area (Å²) in [5.74, 6) is 0.893. The van der Waals surface area contributed by atoms with Crippen molar-refractivity contribution in [2.45, 2.75) is 6.92 Å². The molecule has 0 saturated heterocycles. The Labute approximate surface area is 138 Å². The number of aryl methyl sites for hydroxylation is 1. The highest BCUT2D eigenvalue weighted by Gasteiger charge is 2.15. The van der Waals surface area contributed by atoms with E-state index in [1.54, 1.807) is 30.6 Å². The molecule has 2 heterocycles. The lowest BCUT2D eigenvalue weighted by molar-refractivity contribution is -0.111. The van der Waals surface area contributed by atoms with E-state index >= 15 is 0 Å². The third kappa shape index (κ3) is 3.63. The van der Waals surface area contributed by atoms with E-state index in [2.05, 4.69) is 10.3 Å². The van der Waals surface area contributed by atoms with Crippen LogP contribution in [-0.2, 0) is 4.79 Å². The maximum atomic E-state index is 12.0. The van der Waals surface area contributed by atoms with E-state index in [0.29, 0.717) is 35.4 Å². The molecule has 2 aromatic rings. The van der Waals surface area contributed by atoms with Crippen LogP contribution in [0.1, 0.15) is 11.1 Å². The molecule has 1 N–H and O–H groups in total. The smallest absolute Gasteiger partial charge is 0.248 e. The van der Waals surface area contributed by atoms with Crippen LogP contribution in [0.25, 0.3) is 6.08 Å². The Kier molecular flexibility index (Phi) is 4.48. The number of halogens is 1. The molecule has 1 aromatic heterocycles. The first-order chi connectivity index (χ1) is 11.1. The molecule has 3 rings (SSSR count). The van der Waals surface area contributed by atoms with Crippen LogP contribution in [0, 0.1) is 6.92 Å². The van der Waals surface area contributed by atoms with Crippen molar-refractivity contribution in [3.8, 4) is 11.5 Å². The van der Waals surface area contributed by atoms with Gasteiger partial charge in [-0.2, -0.15) is 0 Å². The number of nitrogens with zero attached hydrogens (tertiary/aromatic N) is 1. The number of pyridine rings is 1. The van der Waals surface area contributed by atoms with E-state index in [1.807, 2.05) is 13.0 Å². The van der Waals surface area contributed by atoms with Gasteiger partial charge in [-0.3, -0.25) is 9.78 Å². The number of hydrogen-bond donors (Lipinski definition) is 1. The van der Waals surface area contributed by atoms with Gasteiger partial charge >= 0.3 is 0 Å². The molecule has 1 aliphatic heterocycles. The molecule has 5 nitrogen and oxygen atoms in total. The third-order valence-electron chi connectivity index (χ3n) is 3.34. The average molecular weight is 331 g/mol. The molecular weight excluding hydrogens is 316 g/mol. The van der Waals surface area contributed by atoms with Crippen LogP contribution in [0.3, 0.4) is 0 Å². The minimum absolute atomic E-state index is 0.243. The van der Waals surface area contributed by atoms with E-state index in [1.165, 1.54) is 6.08 Å². The van der Waals surface area contributed by atoms with Crippen molar-refractivity contribution in [2.24, 2.45) is 0 Å². The number of rotatable bonds is 3. The van der Waals surface area contributed by atoms with Crippen molar-refractivity contribution < 1.29 is 14.3 Å². The van der Waals surface area contributed by atoms with Gasteiger partial charge < -0.3 is 14.8 Å². The topological polar surface area (TPSA) is 60.5 Å². The zero-order valence-electron chi connectivity index (χ0n) is 12.5. The van der Waals surface area contributed by atoms with E-state index in [4.69, 9.17) is 21.1 Å². The molecule has 0 radical (unpaired) electrons. The fraction of sp³-hybridized carbons (Fsp3) is 0.176. The third-order valence-corrected chi connectivity index (χ3v) is 3.62. The van der Waals surface area contributed by atoms with Gasteiger partial charge in [0.15, 0.2) is 11.5 Å². The Bertz CT molecular complexity index is 774. The number of carbonyl (C=O) groups excluding carboxylic acids is 1. The number of benzene rings is 1. The summed E-state index contributed by atoms with van der Waals surface area (Å²) < 4.78 is 11.0. The highest BCUT2D eigenvalue weighted by Crippen LogP contribution is 2.38. The van der Waals surface area contributed by atoms with Gasteiger partial charge in [0.05, 0.1) is 16.9 Å². The van der Waals surface area contributed by atoms with Gasteiger partial charge in [-0.05, 0) is 42.3 Å². The first kappa shape index (κ1) is 15.4. The Balaban J connectivity index is 1.74. The molecule has 1 amide bonds. The number of fused-ring (bicyclic) bond motifs is 1. The van der Waals surface area contributed by atoms with Gasteiger partial charge in [0.2, 0.25) is 5.91 Å². The van der Waals surface area contributed by atoms with E-state index in [-0.39, 0.29) is 5.91 Å². The first-order valence-corrected chi connectivity index (χ1v) is 7.50. The lowest BCUT2D eigenvalue weighted by atomic mass is 10.1. The molecule has 6 heteroatoms. The van der Waals surface area contributed by atoms with Gasteiger partial charge in [0.25, 0.3) is 0 Å². The summed E-state index contributed by atoms with van der Waals surface area (Å²) in [4.78, 5) is 16.0. The van der Waals surface area contributed by atoms with E-state index in [0.717, 1.165) is 11.1 Å². The highest BCUT2D eigenvalue weighted by atomic mass is 35.5. The summed E-state index contributed by atoms with van der Waals surface area (Å²) in [6, 6.07) is 5.35. The summed E-state index contributed by atoms with van der Waals surface area (Å²) in [6.45, 7) is 2.87. The van der Waals surface area contributed by atoms with Gasteiger partial charge in [0, 0.05) is 12.3 Å². The van der Waals surface area contributed by atoms with Crippen LogP contribution in [0.15, 0.2) is 36.7 Å². The highest BCUT2D eigenvalue weighted by molar-refractivity contribution is 6.32. The monoisotopic (exact) mass is 330 g/mol. The largest absolute Gasteiger partial charge is 0.486 e. The molecule has 1 aliphatic rings. The lowest BCUT2D eigenvalue weighted by Gasteiger charge is -2.19. The van der Waals surface area contributed by atoms with Gasteiger partial charge in [-0.15, -0.1) is 0 Å². The van der Waals surface area contributed by atoms with Crippen molar-refractivity contribution >= 4 is 29.3 Å². The van der Waals surface area contributed by atoms with Crippen molar-refractivity contribution in [2.75, 3.05) is 18.5 Å². The van der Waals surface area contributed by atoms with Crippen molar-refractivity contribution in [3.63, 3.8) is 0 Å². The van der Waals surface area contributed by atoms with Crippen molar-refractivity contribution in [3.05, 3.63) is 52.8 Å². The molecule has 0 spiro atoms. The van der Waals surface area contributed by atoms with E-state index < -0.39 is 0 Å². The number of carbonyl (C=O) groups is 1. The molecule has 0 aliphatic carbocycles. The molecule has 0 fully saturated rings. The normalized spacial score (nSPS) is 13.1. The number of nitrogens with one attached hydrogen (secondary N) is 1. The second-order valence-electron chi connectivity index (χ2n) is 5.04. The molecule has 0 unspecified atom stereocenters. The maximum absolute atomic E-state index is 12.0. The molecule has 118 valence electrons. The quantitative estimate of drug-likeness (QED) is 0.875. The lowest BCUT2D eigenvalue weighted by Crippen LogP contribution is -2.15. The standard InChI is InChI=1S/C17H15ClN2O3/c1-11-4-5-19-10-14(11)20-16(21)3-2-12-8-13(18)17-15(9-12)22-6-7-23-17/h2-5,8-10H,6-7H2,1H3,(H,20,21). The van der Waals surface area contributed by atoms with Gasteiger partial charge in [-0.25, -0.2) is 0 Å². The SMILES string of the molecule is Cc1ccncc1NC(=O)C=Cc1cc(Cl)c2c(c1)OCCO2. The minimum atomic E-state index is -0.243. The van der Waals surface area contributed by atoms with Crippen LogP contribution in [0.5, 0.6) is 11.5 Å². The second kappa shape index (κ2) is 6.71. The van der Waals surface area contributed by atoms with Crippen LogP contribution >= 0.6 is 11.6 Å². The molecule has 0 saturated carbocycles. The van der Waals surface area contributed by atoms with Gasteiger partial charge in [0.1, 0.15) is 13.2 Å². The first-order valence-electron chi connectivity index (χ1n) is 7.12. The molecular formula is C17H15ClN2O3. The van der Waals surface area contributed by atoms with Crippen LogP contribution in [0.4, 0.5) is 5.69 Å². The summed E-state index contributed by atoms with van der Waals surface area (Å²) >= 11 is 6.17. The Morgan fingerprint density at radius 3 is 3.00 bits per heavy atom. The zero-order valence-corrected chi connectivity index (χ0v) is 13.3. The fourth-order valence-electron chi connectivity index (χ4n) is 2.17. The van der Waals surface area contributed by atoms with Crippen LogP contribution in [0.2, 0.25) is 5.02 Å². The molecule has 0 bridgehead atoms. The minimum Gasteiger partial charge on any atom is -0.486 e. The Morgan fingerprint density at radius 2 is 2.17 bits per heavy atom. The molecule has 1 aromatic carbocycles. The maximum Gasteiger partial charge on any atom is 0.248 e. The average Bonchev–Trinajstić information content (AvgIpc) is 2.55. The predicted molar refractivity (Wildman–Crippen MR) is 89.1 cm³/mol. The summed E-state index contributed by atoms with van der Waals surface area (Å²) in [5.41, 5.74) is 2.39. The summed E-state index contributed by atoms with van der Waals surface area (Å²) in [7, 11) is 0. The summed E-state index contributed by atoms with van der Waals surface area (Å²) in [6.07, 6.45) is 6.40. The van der Waals surface area contributed by atoms with Crippen LogP contribution in [-0.4, -0.2) is 24.1 Å². The number of ether oxygens (including phenoxy) is 2. The van der Waals surface area contributed by atoms with Crippen LogP contribution < -0.4 is 14.8 Å². The number of hydrogen-bond acceptors (Lipinski definition) is 4.